The highest BCUT2D eigenvalue weighted by molar-refractivity contribution is 5.60. The molecule has 2 aliphatic carbocycles. The molecule has 2 saturated carbocycles. The summed E-state index contributed by atoms with van der Waals surface area (Å²) in [6.45, 7) is 2.06. The van der Waals surface area contributed by atoms with E-state index in [-0.39, 0.29) is 5.60 Å². The largest absolute Gasteiger partial charge is 0.528 e. The van der Waals surface area contributed by atoms with Gasteiger partial charge in [0.2, 0.25) is 0 Å². The van der Waals surface area contributed by atoms with Crippen molar-refractivity contribution in [3.63, 3.8) is 0 Å². The normalized spacial score (nSPS) is 39.9. The van der Waals surface area contributed by atoms with E-state index in [2.05, 4.69) is 11.8 Å². The van der Waals surface area contributed by atoms with E-state index >= 15 is 0 Å². The van der Waals surface area contributed by atoms with E-state index in [1.807, 2.05) is 0 Å². The molecule has 2 fully saturated rings. The van der Waals surface area contributed by atoms with Crippen molar-refractivity contribution in [3.05, 3.63) is 0 Å². The molecule has 0 spiro atoms. The number of fused-ring (bicyclic) bond motifs is 2. The molecule has 4 nitrogen and oxygen atoms in total. The van der Waals surface area contributed by atoms with Crippen LogP contribution in [-0.4, -0.2) is 11.8 Å². The number of carbonyl (C=O) groups excluding carboxylic acids is 1. The van der Waals surface area contributed by atoms with Crippen molar-refractivity contribution in [1.82, 2.24) is 0 Å². The summed E-state index contributed by atoms with van der Waals surface area (Å²) in [7, 11) is 0. The van der Waals surface area contributed by atoms with Crippen LogP contribution < -0.4 is 5.90 Å². The van der Waals surface area contributed by atoms with Crippen molar-refractivity contribution >= 4 is 6.16 Å². The van der Waals surface area contributed by atoms with Crippen molar-refractivity contribution in [2.45, 2.75) is 44.6 Å². The van der Waals surface area contributed by atoms with Gasteiger partial charge in [0, 0.05) is 0 Å². The molecule has 0 aromatic heterocycles. The first kappa shape index (κ1) is 9.77. The average molecular weight is 199 g/mol. The molecule has 2 aliphatic rings. The molecule has 0 amide bonds. The molecule has 0 aromatic carbocycles. The second kappa shape index (κ2) is 3.42. The van der Waals surface area contributed by atoms with Crippen LogP contribution in [0.25, 0.3) is 0 Å². The van der Waals surface area contributed by atoms with Crippen LogP contribution >= 0.6 is 0 Å². The summed E-state index contributed by atoms with van der Waals surface area (Å²) < 4.78 is 5.35. The lowest BCUT2D eigenvalue weighted by Gasteiger charge is -2.35. The fourth-order valence-electron chi connectivity index (χ4n) is 3.21. The first-order valence-electron chi connectivity index (χ1n) is 5.30. The summed E-state index contributed by atoms with van der Waals surface area (Å²) in [6, 6.07) is 0. The third-order valence-corrected chi connectivity index (χ3v) is 3.90. The molecule has 2 bridgehead atoms. The Morgan fingerprint density at radius 2 is 2.36 bits per heavy atom. The summed E-state index contributed by atoms with van der Waals surface area (Å²) in [5.41, 5.74) is -0.278. The van der Waals surface area contributed by atoms with Gasteiger partial charge in [0.25, 0.3) is 0 Å². The number of nitrogens with two attached hydrogens (primary N) is 1. The molecule has 2 N–H and O–H groups in total. The summed E-state index contributed by atoms with van der Waals surface area (Å²) >= 11 is 0. The minimum Gasteiger partial charge on any atom is -0.426 e. The van der Waals surface area contributed by atoms with Crippen molar-refractivity contribution in [1.29, 1.82) is 0 Å². The van der Waals surface area contributed by atoms with E-state index in [0.29, 0.717) is 5.92 Å². The molecule has 3 unspecified atom stereocenters. The van der Waals surface area contributed by atoms with Gasteiger partial charge >= 0.3 is 6.16 Å². The minimum atomic E-state index is -0.737. The van der Waals surface area contributed by atoms with Crippen LogP contribution in [0.2, 0.25) is 0 Å². The summed E-state index contributed by atoms with van der Waals surface area (Å²) in [5, 5.41) is 0. The fourth-order valence-corrected chi connectivity index (χ4v) is 3.21. The smallest absolute Gasteiger partial charge is 0.426 e. The van der Waals surface area contributed by atoms with E-state index in [4.69, 9.17) is 10.6 Å². The molecule has 0 saturated heterocycles. The Morgan fingerprint density at radius 3 is 2.79 bits per heavy atom. The van der Waals surface area contributed by atoms with Gasteiger partial charge < -0.3 is 9.57 Å². The zero-order valence-corrected chi connectivity index (χ0v) is 8.49. The molecular formula is C10H17NO3. The summed E-state index contributed by atoms with van der Waals surface area (Å²) in [6.07, 6.45) is 4.78. The standard InChI is InChI=1S/C10H17NO3/c1-2-10(13-9(12)14-11)6-7-3-4-8(10)5-7/h7-8H,2-6,11H2,1H3. The Balaban J connectivity index is 2.07. The highest BCUT2D eigenvalue weighted by atomic mass is 16.8. The van der Waals surface area contributed by atoms with Gasteiger partial charge in [0.05, 0.1) is 0 Å². The van der Waals surface area contributed by atoms with Gasteiger partial charge in [0.15, 0.2) is 0 Å². The maximum atomic E-state index is 11.0. The van der Waals surface area contributed by atoms with Crippen molar-refractivity contribution in [2.75, 3.05) is 0 Å². The first-order chi connectivity index (χ1) is 6.70. The Kier molecular flexibility index (Phi) is 2.39. The topological polar surface area (TPSA) is 61.5 Å². The zero-order valence-electron chi connectivity index (χ0n) is 8.49. The van der Waals surface area contributed by atoms with E-state index in [9.17, 15) is 4.79 Å². The van der Waals surface area contributed by atoms with E-state index in [1.54, 1.807) is 0 Å². The molecule has 0 aliphatic heterocycles. The van der Waals surface area contributed by atoms with Gasteiger partial charge in [0.1, 0.15) is 5.60 Å². The second-order valence-corrected chi connectivity index (χ2v) is 4.47. The van der Waals surface area contributed by atoms with E-state index in [1.165, 1.54) is 19.3 Å². The van der Waals surface area contributed by atoms with Crippen molar-refractivity contribution < 1.29 is 14.4 Å². The highest BCUT2D eigenvalue weighted by Gasteiger charge is 2.52. The number of hydrogen-bond donors (Lipinski definition) is 1. The lowest BCUT2D eigenvalue weighted by molar-refractivity contribution is -0.0683. The molecule has 14 heavy (non-hydrogen) atoms. The maximum absolute atomic E-state index is 11.0. The highest BCUT2D eigenvalue weighted by Crippen LogP contribution is 2.54. The average Bonchev–Trinajstić information content (AvgIpc) is 2.77. The predicted octanol–water partition coefficient (Wildman–Crippen LogP) is 1.98. The second-order valence-electron chi connectivity index (χ2n) is 4.47. The molecule has 3 atom stereocenters. The lowest BCUT2D eigenvalue weighted by Crippen LogP contribution is -2.40. The summed E-state index contributed by atoms with van der Waals surface area (Å²) in [5.74, 6) is 6.05. The SMILES string of the molecule is CCC1(OC(=O)ON)CC2CCC1C2. The van der Waals surface area contributed by atoms with Crippen LogP contribution in [0.15, 0.2) is 0 Å². The van der Waals surface area contributed by atoms with Crippen LogP contribution in [-0.2, 0) is 9.57 Å². The van der Waals surface area contributed by atoms with Crippen LogP contribution in [0, 0.1) is 11.8 Å². The number of rotatable bonds is 2. The molecule has 0 aromatic rings. The minimum absolute atomic E-state index is 0.278. The Bertz CT molecular complexity index is 244. The maximum Gasteiger partial charge on any atom is 0.528 e. The number of carbonyl (C=O) groups is 1. The van der Waals surface area contributed by atoms with Crippen LogP contribution in [0.4, 0.5) is 4.79 Å². The molecule has 0 radical (unpaired) electrons. The monoisotopic (exact) mass is 199 g/mol. The fraction of sp³-hybridized carbons (Fsp3) is 0.900. The van der Waals surface area contributed by atoms with Crippen LogP contribution in [0.3, 0.4) is 0 Å². The van der Waals surface area contributed by atoms with Gasteiger partial charge in [-0.15, -0.1) is 0 Å². The Labute approximate surface area is 83.7 Å². The molecule has 0 heterocycles. The summed E-state index contributed by atoms with van der Waals surface area (Å²) in [4.78, 5) is 15.1. The number of ether oxygens (including phenoxy) is 1. The van der Waals surface area contributed by atoms with Gasteiger partial charge in [-0.25, -0.2) is 4.79 Å². The predicted molar refractivity (Wildman–Crippen MR) is 50.2 cm³/mol. The van der Waals surface area contributed by atoms with Crippen molar-refractivity contribution in [3.8, 4) is 0 Å². The van der Waals surface area contributed by atoms with Crippen LogP contribution in [0.1, 0.15) is 39.0 Å². The molecule has 80 valence electrons. The zero-order chi connectivity index (χ0) is 10.2. The third kappa shape index (κ3) is 1.38. The molecule has 4 heteroatoms. The van der Waals surface area contributed by atoms with E-state index < -0.39 is 6.16 Å². The van der Waals surface area contributed by atoms with Gasteiger partial charge in [-0.1, -0.05) is 6.92 Å². The van der Waals surface area contributed by atoms with Crippen LogP contribution in [0.5, 0.6) is 0 Å². The van der Waals surface area contributed by atoms with Gasteiger partial charge in [-0.2, -0.15) is 5.90 Å². The quantitative estimate of drug-likeness (QED) is 0.545. The van der Waals surface area contributed by atoms with E-state index in [0.717, 1.165) is 18.8 Å². The third-order valence-electron chi connectivity index (χ3n) is 3.90. The number of hydrogen-bond acceptors (Lipinski definition) is 4. The first-order valence-corrected chi connectivity index (χ1v) is 5.30. The van der Waals surface area contributed by atoms with Gasteiger partial charge in [-0.05, 0) is 43.9 Å². The molecular weight excluding hydrogens is 182 g/mol. The van der Waals surface area contributed by atoms with Gasteiger partial charge in [-0.3, -0.25) is 0 Å². The Morgan fingerprint density at radius 1 is 1.57 bits per heavy atom. The Hall–Kier alpha value is -0.770. The van der Waals surface area contributed by atoms with Crippen molar-refractivity contribution in [2.24, 2.45) is 17.7 Å². The lowest BCUT2D eigenvalue weighted by atomic mass is 9.82. The molecule has 2 rings (SSSR count).